The third kappa shape index (κ3) is 3.74. The fraction of sp³-hybridized carbons (Fsp3) is 0.278. The van der Waals surface area contributed by atoms with E-state index in [0.29, 0.717) is 19.7 Å². The number of carbonyl (C=O) groups excluding carboxylic acids is 1. The third-order valence-corrected chi connectivity index (χ3v) is 3.99. The number of amides is 1. The Morgan fingerprint density at radius 2 is 1.61 bits per heavy atom. The van der Waals surface area contributed by atoms with Gasteiger partial charge in [-0.15, -0.1) is 17.0 Å². The van der Waals surface area contributed by atoms with Crippen LogP contribution in [0.3, 0.4) is 0 Å². The van der Waals surface area contributed by atoms with E-state index in [1.165, 1.54) is 22.3 Å². The first kappa shape index (κ1) is 17.5. The Morgan fingerprint density at radius 1 is 1.04 bits per heavy atom. The van der Waals surface area contributed by atoms with Gasteiger partial charge in [0, 0.05) is 12.5 Å². The summed E-state index contributed by atoms with van der Waals surface area (Å²) in [7, 11) is 0. The molecule has 0 spiro atoms. The molecule has 3 N–H and O–H groups in total. The average molecular weight is 377 g/mol. The van der Waals surface area contributed by atoms with Gasteiger partial charge in [0.15, 0.2) is 0 Å². The minimum atomic E-state index is -0.379. The Hall–Kier alpha value is -1.85. The summed E-state index contributed by atoms with van der Waals surface area (Å²) in [4.78, 5) is 11.7. The van der Waals surface area contributed by atoms with Crippen molar-refractivity contribution >= 4 is 23.1 Å². The molecule has 2 aromatic rings. The largest absolute Gasteiger partial charge is 0.449 e. The van der Waals surface area contributed by atoms with E-state index in [9.17, 15) is 4.79 Å². The van der Waals surface area contributed by atoms with Crippen LogP contribution in [0.5, 0.6) is 0 Å². The van der Waals surface area contributed by atoms with Gasteiger partial charge in [0.25, 0.3) is 0 Å². The fourth-order valence-corrected chi connectivity index (χ4v) is 2.94. The van der Waals surface area contributed by atoms with Gasteiger partial charge in [-0.1, -0.05) is 48.5 Å². The van der Waals surface area contributed by atoms with Crippen LogP contribution in [-0.4, -0.2) is 25.8 Å². The molecule has 0 fully saturated rings. The lowest BCUT2D eigenvalue weighted by Gasteiger charge is -2.14. The number of hydrogen-bond acceptors (Lipinski definition) is 3. The maximum Gasteiger partial charge on any atom is 0.407 e. The van der Waals surface area contributed by atoms with Gasteiger partial charge < -0.3 is 15.8 Å². The van der Waals surface area contributed by atoms with Gasteiger partial charge >= 0.3 is 6.09 Å². The molecule has 4 nitrogen and oxygen atoms in total. The van der Waals surface area contributed by atoms with Crippen LogP contribution in [0.4, 0.5) is 4.79 Å². The number of nitrogens with two attached hydrogens (primary N) is 1. The van der Waals surface area contributed by atoms with Crippen LogP contribution >= 0.6 is 17.0 Å². The minimum Gasteiger partial charge on any atom is -0.449 e. The fourth-order valence-electron chi connectivity index (χ4n) is 2.94. The molecule has 0 saturated carbocycles. The first-order chi connectivity index (χ1) is 10.8. The number of fused-ring (bicyclic) bond motifs is 3. The molecule has 1 amide bonds. The lowest BCUT2D eigenvalue weighted by atomic mass is 9.98. The minimum absolute atomic E-state index is 0. The standard InChI is InChI=1S/C18H20N2O2.BrH/c19-10-5-11-20-18(21)22-12-17-15-8-3-1-6-13(15)14-7-2-4-9-16(14)17;/h1-4,6-9,17H,5,10-12,19H2,(H,20,21);1H. The van der Waals surface area contributed by atoms with E-state index in [2.05, 4.69) is 29.6 Å². The summed E-state index contributed by atoms with van der Waals surface area (Å²) in [5, 5.41) is 2.71. The number of benzene rings is 2. The molecular weight excluding hydrogens is 356 g/mol. The Balaban J connectivity index is 0.00000192. The summed E-state index contributed by atoms with van der Waals surface area (Å²) in [5.41, 5.74) is 10.3. The molecule has 122 valence electrons. The summed E-state index contributed by atoms with van der Waals surface area (Å²) in [6.07, 6.45) is 0.375. The number of carbonyl (C=O) groups is 1. The lowest BCUT2D eigenvalue weighted by Crippen LogP contribution is -2.28. The normalized spacial score (nSPS) is 12.0. The second kappa shape index (κ2) is 8.13. The van der Waals surface area contributed by atoms with Crippen LogP contribution in [0.25, 0.3) is 11.1 Å². The van der Waals surface area contributed by atoms with Gasteiger partial charge in [0.05, 0.1) is 0 Å². The van der Waals surface area contributed by atoms with Crippen molar-refractivity contribution < 1.29 is 9.53 Å². The Kier molecular flexibility index (Phi) is 6.19. The van der Waals surface area contributed by atoms with Crippen LogP contribution < -0.4 is 11.1 Å². The molecule has 0 heterocycles. The first-order valence-electron chi connectivity index (χ1n) is 7.60. The number of halogens is 1. The van der Waals surface area contributed by atoms with Gasteiger partial charge in [-0.25, -0.2) is 4.79 Å². The van der Waals surface area contributed by atoms with E-state index in [4.69, 9.17) is 10.5 Å². The molecule has 0 atom stereocenters. The Morgan fingerprint density at radius 3 is 2.17 bits per heavy atom. The number of alkyl carbamates (subject to hydrolysis) is 1. The monoisotopic (exact) mass is 376 g/mol. The van der Waals surface area contributed by atoms with E-state index in [1.807, 2.05) is 24.3 Å². The number of hydrogen-bond donors (Lipinski definition) is 2. The maximum atomic E-state index is 11.7. The van der Waals surface area contributed by atoms with Gasteiger partial charge in [-0.05, 0) is 35.2 Å². The zero-order chi connectivity index (χ0) is 15.4. The predicted molar refractivity (Wildman–Crippen MR) is 97.1 cm³/mol. The van der Waals surface area contributed by atoms with Crippen molar-refractivity contribution in [2.75, 3.05) is 19.7 Å². The smallest absolute Gasteiger partial charge is 0.407 e. The van der Waals surface area contributed by atoms with E-state index in [-0.39, 0.29) is 29.0 Å². The van der Waals surface area contributed by atoms with Crippen molar-refractivity contribution in [3.63, 3.8) is 0 Å². The third-order valence-electron chi connectivity index (χ3n) is 3.99. The number of rotatable bonds is 5. The van der Waals surface area contributed by atoms with Crippen molar-refractivity contribution in [2.45, 2.75) is 12.3 Å². The Bertz CT molecular complexity index is 630. The van der Waals surface area contributed by atoms with Crippen LogP contribution in [0.1, 0.15) is 23.5 Å². The molecule has 1 aliphatic carbocycles. The maximum absolute atomic E-state index is 11.7. The molecular formula is C18H21BrN2O2. The van der Waals surface area contributed by atoms with Crippen molar-refractivity contribution in [3.05, 3.63) is 59.7 Å². The first-order valence-corrected chi connectivity index (χ1v) is 7.60. The quantitative estimate of drug-likeness (QED) is 0.785. The van der Waals surface area contributed by atoms with Crippen LogP contribution in [0.2, 0.25) is 0 Å². The van der Waals surface area contributed by atoms with Gasteiger partial charge in [-0.3, -0.25) is 0 Å². The highest BCUT2D eigenvalue weighted by atomic mass is 79.9. The molecule has 0 aliphatic heterocycles. The van der Waals surface area contributed by atoms with E-state index in [0.717, 1.165) is 6.42 Å². The molecule has 23 heavy (non-hydrogen) atoms. The van der Waals surface area contributed by atoms with Crippen molar-refractivity contribution in [1.82, 2.24) is 5.32 Å². The second-order valence-corrected chi connectivity index (χ2v) is 5.39. The van der Waals surface area contributed by atoms with E-state index < -0.39 is 0 Å². The summed E-state index contributed by atoms with van der Waals surface area (Å²) >= 11 is 0. The van der Waals surface area contributed by atoms with E-state index in [1.54, 1.807) is 0 Å². The summed E-state index contributed by atoms with van der Waals surface area (Å²) in [6.45, 7) is 1.46. The molecule has 2 aromatic carbocycles. The van der Waals surface area contributed by atoms with Gasteiger partial charge in [0.2, 0.25) is 0 Å². The zero-order valence-corrected chi connectivity index (χ0v) is 14.5. The predicted octanol–water partition coefficient (Wildman–Crippen LogP) is 3.45. The Labute approximate surface area is 146 Å². The molecule has 0 saturated heterocycles. The molecule has 5 heteroatoms. The molecule has 0 bridgehead atoms. The van der Waals surface area contributed by atoms with Crippen LogP contribution in [0.15, 0.2) is 48.5 Å². The highest BCUT2D eigenvalue weighted by Crippen LogP contribution is 2.44. The van der Waals surface area contributed by atoms with Crippen molar-refractivity contribution in [3.8, 4) is 11.1 Å². The SMILES string of the molecule is Br.NCCCNC(=O)OCC1c2ccccc2-c2ccccc21. The molecule has 0 radical (unpaired) electrons. The molecule has 0 unspecified atom stereocenters. The van der Waals surface area contributed by atoms with Crippen molar-refractivity contribution in [1.29, 1.82) is 0 Å². The molecule has 3 rings (SSSR count). The summed E-state index contributed by atoms with van der Waals surface area (Å²) < 4.78 is 5.40. The highest BCUT2D eigenvalue weighted by Gasteiger charge is 2.28. The number of nitrogens with one attached hydrogen (secondary N) is 1. The summed E-state index contributed by atoms with van der Waals surface area (Å²) in [5.74, 6) is 0.104. The van der Waals surface area contributed by atoms with E-state index >= 15 is 0 Å². The van der Waals surface area contributed by atoms with Crippen LogP contribution in [0, 0.1) is 0 Å². The van der Waals surface area contributed by atoms with Gasteiger partial charge in [0.1, 0.15) is 6.61 Å². The molecule has 0 aromatic heterocycles. The molecule has 1 aliphatic rings. The highest BCUT2D eigenvalue weighted by molar-refractivity contribution is 8.93. The van der Waals surface area contributed by atoms with Crippen LogP contribution in [-0.2, 0) is 4.74 Å². The topological polar surface area (TPSA) is 64.3 Å². The van der Waals surface area contributed by atoms with Gasteiger partial charge in [-0.2, -0.15) is 0 Å². The average Bonchev–Trinajstić information content (AvgIpc) is 2.87. The zero-order valence-electron chi connectivity index (χ0n) is 12.8. The summed E-state index contributed by atoms with van der Waals surface area (Å²) in [6, 6.07) is 16.6. The lowest BCUT2D eigenvalue weighted by molar-refractivity contribution is 0.143. The number of ether oxygens (including phenoxy) is 1. The second-order valence-electron chi connectivity index (χ2n) is 5.39. The van der Waals surface area contributed by atoms with Crippen molar-refractivity contribution in [2.24, 2.45) is 5.73 Å².